The predicted molar refractivity (Wildman–Crippen MR) is 65.9 cm³/mol. The molecule has 0 aromatic heterocycles. The van der Waals surface area contributed by atoms with Crippen LogP contribution >= 0.6 is 0 Å². The van der Waals surface area contributed by atoms with Crippen molar-refractivity contribution in [2.75, 3.05) is 19.6 Å². The smallest absolute Gasteiger partial charge is 0.0233 e. The molecule has 0 fully saturated rings. The lowest BCUT2D eigenvalue weighted by Gasteiger charge is -2.32. The molecule has 0 saturated heterocycles. The van der Waals surface area contributed by atoms with Crippen molar-refractivity contribution in [2.24, 2.45) is 5.92 Å². The van der Waals surface area contributed by atoms with Gasteiger partial charge in [-0.1, -0.05) is 38.0 Å². The van der Waals surface area contributed by atoms with Gasteiger partial charge in [0.05, 0.1) is 0 Å². The highest BCUT2D eigenvalue weighted by Crippen LogP contribution is 2.27. The lowest BCUT2D eigenvalue weighted by molar-refractivity contribution is 0.244. The fourth-order valence-electron chi connectivity index (χ4n) is 2.55. The third-order valence-corrected chi connectivity index (χ3v) is 3.78. The summed E-state index contributed by atoms with van der Waals surface area (Å²) in [4.78, 5) is 2.63. The summed E-state index contributed by atoms with van der Waals surface area (Å²) in [5.41, 5.74) is 3.36. The van der Waals surface area contributed by atoms with Crippen LogP contribution in [-0.4, -0.2) is 24.5 Å². The molecule has 1 heteroatoms. The van der Waals surface area contributed by atoms with E-state index in [1.165, 1.54) is 45.3 Å². The van der Waals surface area contributed by atoms with Crippen LogP contribution in [0.3, 0.4) is 0 Å². The van der Waals surface area contributed by atoms with E-state index in [4.69, 9.17) is 0 Å². The highest BCUT2D eigenvalue weighted by Gasteiger charge is 2.19. The lowest BCUT2D eigenvalue weighted by atomic mass is 9.91. The third kappa shape index (κ3) is 2.72. The van der Waals surface area contributed by atoms with E-state index in [0.29, 0.717) is 0 Å². The Balaban J connectivity index is 1.93. The molecule has 0 saturated carbocycles. The Labute approximate surface area is 93.9 Å². The topological polar surface area (TPSA) is 3.24 Å². The normalized spacial score (nSPS) is 24.1. The number of rotatable bonds is 3. The van der Waals surface area contributed by atoms with Gasteiger partial charge in [0.15, 0.2) is 0 Å². The van der Waals surface area contributed by atoms with E-state index >= 15 is 0 Å². The van der Waals surface area contributed by atoms with Crippen molar-refractivity contribution in [3.8, 4) is 0 Å². The Hall–Kier alpha value is -0.560. The highest BCUT2D eigenvalue weighted by molar-refractivity contribution is 5.32. The van der Waals surface area contributed by atoms with Crippen LogP contribution in [0, 0.1) is 5.92 Å². The first-order chi connectivity index (χ1) is 7.29. The zero-order chi connectivity index (χ0) is 10.7. The maximum absolute atomic E-state index is 2.63. The molecule has 0 aromatic rings. The van der Waals surface area contributed by atoms with Crippen LogP contribution in [0.15, 0.2) is 23.3 Å². The monoisotopic (exact) mass is 205 g/mol. The fourth-order valence-corrected chi connectivity index (χ4v) is 2.55. The van der Waals surface area contributed by atoms with E-state index < -0.39 is 0 Å². The van der Waals surface area contributed by atoms with Crippen molar-refractivity contribution >= 4 is 0 Å². The number of allylic oxidation sites excluding steroid dienone is 1. The van der Waals surface area contributed by atoms with Crippen molar-refractivity contribution in [2.45, 2.75) is 39.5 Å². The summed E-state index contributed by atoms with van der Waals surface area (Å²) in [6.07, 6.45) is 9.91. The molecule has 1 aliphatic carbocycles. The molecule has 0 bridgehead atoms. The van der Waals surface area contributed by atoms with Gasteiger partial charge in [-0.2, -0.15) is 0 Å². The molecule has 0 radical (unpaired) electrons. The lowest BCUT2D eigenvalue weighted by Crippen LogP contribution is -2.35. The maximum atomic E-state index is 2.63. The summed E-state index contributed by atoms with van der Waals surface area (Å²) in [7, 11) is 0. The minimum atomic E-state index is 0.847. The van der Waals surface area contributed by atoms with Crippen LogP contribution in [0.5, 0.6) is 0 Å². The minimum Gasteiger partial charge on any atom is -0.299 e. The summed E-state index contributed by atoms with van der Waals surface area (Å²) in [6.45, 7) is 8.43. The predicted octanol–water partition coefficient (Wildman–Crippen LogP) is 3.38. The third-order valence-electron chi connectivity index (χ3n) is 3.78. The molecule has 0 amide bonds. The second-order valence-corrected chi connectivity index (χ2v) is 5.07. The average molecular weight is 205 g/mol. The van der Waals surface area contributed by atoms with Gasteiger partial charge in [-0.05, 0) is 30.8 Å². The molecule has 15 heavy (non-hydrogen) atoms. The van der Waals surface area contributed by atoms with Gasteiger partial charge in [-0.15, -0.1) is 0 Å². The molecular weight excluding hydrogens is 182 g/mol. The van der Waals surface area contributed by atoms with Gasteiger partial charge in [0.25, 0.3) is 0 Å². The molecule has 2 rings (SSSR count). The zero-order valence-corrected chi connectivity index (χ0v) is 10.1. The summed E-state index contributed by atoms with van der Waals surface area (Å²) in [6, 6.07) is 0. The Bertz CT molecular complexity index is 275. The molecule has 0 aromatic carbocycles. The Morgan fingerprint density at radius 3 is 3.07 bits per heavy atom. The summed E-state index contributed by atoms with van der Waals surface area (Å²) in [5, 5.41) is 0. The molecule has 0 spiro atoms. The molecule has 1 unspecified atom stereocenters. The first-order valence-electron chi connectivity index (χ1n) is 6.39. The first kappa shape index (κ1) is 10.9. The van der Waals surface area contributed by atoms with Gasteiger partial charge in [0, 0.05) is 19.6 Å². The molecule has 1 nitrogen and oxygen atoms in total. The minimum absolute atomic E-state index is 0.847. The van der Waals surface area contributed by atoms with E-state index in [2.05, 4.69) is 30.9 Å². The van der Waals surface area contributed by atoms with E-state index in [1.54, 1.807) is 11.1 Å². The highest BCUT2D eigenvalue weighted by atomic mass is 15.1. The van der Waals surface area contributed by atoms with Gasteiger partial charge < -0.3 is 0 Å². The Kier molecular flexibility index (Phi) is 3.63. The van der Waals surface area contributed by atoms with Crippen molar-refractivity contribution < 1.29 is 0 Å². The van der Waals surface area contributed by atoms with E-state index in [1.807, 2.05) is 0 Å². The largest absolute Gasteiger partial charge is 0.299 e. The van der Waals surface area contributed by atoms with Crippen molar-refractivity contribution in [1.82, 2.24) is 4.90 Å². The number of hydrogen-bond acceptors (Lipinski definition) is 1. The van der Waals surface area contributed by atoms with Crippen LogP contribution in [0.2, 0.25) is 0 Å². The van der Waals surface area contributed by atoms with Crippen LogP contribution in [0.25, 0.3) is 0 Å². The van der Waals surface area contributed by atoms with Crippen molar-refractivity contribution in [3.05, 3.63) is 23.3 Å². The Morgan fingerprint density at radius 2 is 2.27 bits per heavy atom. The van der Waals surface area contributed by atoms with Gasteiger partial charge in [0.1, 0.15) is 0 Å². The molecule has 84 valence electrons. The number of hydrogen-bond donors (Lipinski definition) is 0. The quantitative estimate of drug-likeness (QED) is 0.682. The SMILES string of the molecule is CCC(C)CN1CCC2=C(C=CCC2)C1. The first-order valence-corrected chi connectivity index (χ1v) is 6.39. The Morgan fingerprint density at radius 1 is 1.40 bits per heavy atom. The van der Waals surface area contributed by atoms with Crippen LogP contribution in [-0.2, 0) is 0 Å². The zero-order valence-electron chi connectivity index (χ0n) is 10.1. The second-order valence-electron chi connectivity index (χ2n) is 5.07. The van der Waals surface area contributed by atoms with Crippen LogP contribution in [0.4, 0.5) is 0 Å². The van der Waals surface area contributed by atoms with Crippen LogP contribution in [0.1, 0.15) is 39.5 Å². The second kappa shape index (κ2) is 4.98. The van der Waals surface area contributed by atoms with E-state index in [9.17, 15) is 0 Å². The van der Waals surface area contributed by atoms with Gasteiger partial charge >= 0.3 is 0 Å². The van der Waals surface area contributed by atoms with Gasteiger partial charge in [-0.25, -0.2) is 0 Å². The molecular formula is C14H23N. The standard InChI is InChI=1S/C14H23N/c1-3-12(2)10-15-9-8-13-6-4-5-7-14(13)11-15/h5,7,12H,3-4,6,8-11H2,1-2H3. The molecule has 1 atom stereocenters. The van der Waals surface area contributed by atoms with Crippen molar-refractivity contribution in [1.29, 1.82) is 0 Å². The molecule has 1 aliphatic heterocycles. The van der Waals surface area contributed by atoms with Gasteiger partial charge in [-0.3, -0.25) is 4.90 Å². The van der Waals surface area contributed by atoms with Crippen molar-refractivity contribution in [3.63, 3.8) is 0 Å². The summed E-state index contributed by atoms with van der Waals surface area (Å²) in [5.74, 6) is 0.847. The van der Waals surface area contributed by atoms with Gasteiger partial charge in [0.2, 0.25) is 0 Å². The summed E-state index contributed by atoms with van der Waals surface area (Å²) >= 11 is 0. The average Bonchev–Trinajstić information content (AvgIpc) is 2.29. The van der Waals surface area contributed by atoms with E-state index in [0.717, 1.165) is 5.92 Å². The summed E-state index contributed by atoms with van der Waals surface area (Å²) < 4.78 is 0. The van der Waals surface area contributed by atoms with E-state index in [-0.39, 0.29) is 0 Å². The molecule has 2 aliphatic rings. The number of nitrogens with zero attached hydrogens (tertiary/aromatic N) is 1. The maximum Gasteiger partial charge on any atom is 0.0233 e. The van der Waals surface area contributed by atoms with Crippen LogP contribution < -0.4 is 0 Å². The fraction of sp³-hybridized carbons (Fsp3) is 0.714. The molecule has 1 heterocycles. The molecule has 0 N–H and O–H groups in total.